The lowest BCUT2D eigenvalue weighted by Gasteiger charge is -2.21. The molecule has 0 fully saturated rings. The fraction of sp³-hybridized carbons (Fsp3) is 0.429. The van der Waals surface area contributed by atoms with Gasteiger partial charge < -0.3 is 0 Å². The predicted octanol–water partition coefficient (Wildman–Crippen LogP) is 2.91. The molecular weight excluding hydrogens is 248 g/mol. The van der Waals surface area contributed by atoms with E-state index in [9.17, 15) is 8.42 Å². The Bertz CT molecular complexity index is 558. The van der Waals surface area contributed by atoms with Crippen molar-refractivity contribution in [3.8, 4) is 0 Å². The zero-order valence-corrected chi connectivity index (χ0v) is 11.5. The number of allylic oxidation sites excluding steroid dienone is 1. The van der Waals surface area contributed by atoms with Gasteiger partial charge in [0.25, 0.3) is 10.1 Å². The average molecular weight is 266 g/mol. The highest BCUT2D eigenvalue weighted by Gasteiger charge is 2.19. The lowest BCUT2D eigenvalue weighted by molar-refractivity contribution is 0.202. The van der Waals surface area contributed by atoms with Gasteiger partial charge in [-0.15, -0.1) is 0 Å². The van der Waals surface area contributed by atoms with E-state index in [1.165, 1.54) is 16.7 Å². The first-order chi connectivity index (χ1) is 8.44. The summed E-state index contributed by atoms with van der Waals surface area (Å²) in [5.74, 6) is 0. The SMILES string of the molecule is Cc1cccc(C2=CC[C@@H](OS(C)(=O)=O)CC2)c1. The van der Waals surface area contributed by atoms with E-state index in [1.807, 2.05) is 6.07 Å². The lowest BCUT2D eigenvalue weighted by Crippen LogP contribution is -2.19. The van der Waals surface area contributed by atoms with Crippen LogP contribution < -0.4 is 0 Å². The van der Waals surface area contributed by atoms with Gasteiger partial charge in [-0.2, -0.15) is 8.42 Å². The molecule has 1 aliphatic carbocycles. The molecule has 1 aromatic carbocycles. The highest BCUT2D eigenvalue weighted by Crippen LogP contribution is 2.29. The van der Waals surface area contributed by atoms with E-state index in [4.69, 9.17) is 4.18 Å². The number of hydrogen-bond donors (Lipinski definition) is 0. The third-order valence-electron chi connectivity index (χ3n) is 3.06. The second-order valence-corrected chi connectivity index (χ2v) is 6.40. The van der Waals surface area contributed by atoms with Crippen LogP contribution in [0.4, 0.5) is 0 Å². The van der Waals surface area contributed by atoms with Gasteiger partial charge in [0, 0.05) is 0 Å². The van der Waals surface area contributed by atoms with Gasteiger partial charge in [-0.3, -0.25) is 4.18 Å². The summed E-state index contributed by atoms with van der Waals surface area (Å²) in [4.78, 5) is 0. The smallest absolute Gasteiger partial charge is 0.264 e. The van der Waals surface area contributed by atoms with Gasteiger partial charge in [-0.1, -0.05) is 35.9 Å². The van der Waals surface area contributed by atoms with Crippen LogP contribution in [0.5, 0.6) is 0 Å². The first-order valence-electron chi connectivity index (χ1n) is 6.08. The standard InChI is InChI=1S/C14H18O3S/c1-11-4-3-5-13(10-11)12-6-8-14(9-7-12)17-18(2,15)16/h3-6,10,14H,7-9H2,1-2H3/t14-/m1/s1. The Kier molecular flexibility index (Phi) is 3.88. The molecule has 0 radical (unpaired) electrons. The fourth-order valence-corrected chi connectivity index (χ4v) is 2.92. The van der Waals surface area contributed by atoms with Crippen LogP contribution in [0.3, 0.4) is 0 Å². The van der Waals surface area contributed by atoms with Crippen LogP contribution in [0.1, 0.15) is 30.4 Å². The van der Waals surface area contributed by atoms with Crippen molar-refractivity contribution in [1.82, 2.24) is 0 Å². The fourth-order valence-electron chi connectivity index (χ4n) is 2.25. The van der Waals surface area contributed by atoms with Gasteiger partial charge in [0.1, 0.15) is 0 Å². The Morgan fingerprint density at radius 2 is 2.11 bits per heavy atom. The van der Waals surface area contributed by atoms with Crippen molar-refractivity contribution in [3.63, 3.8) is 0 Å². The minimum atomic E-state index is -3.34. The molecule has 1 aromatic rings. The van der Waals surface area contributed by atoms with E-state index in [0.717, 1.165) is 19.1 Å². The third kappa shape index (κ3) is 3.68. The molecule has 18 heavy (non-hydrogen) atoms. The van der Waals surface area contributed by atoms with Gasteiger partial charge in [0.2, 0.25) is 0 Å². The topological polar surface area (TPSA) is 43.4 Å². The third-order valence-corrected chi connectivity index (χ3v) is 3.68. The minimum absolute atomic E-state index is 0.200. The first-order valence-corrected chi connectivity index (χ1v) is 7.90. The van der Waals surface area contributed by atoms with Crippen LogP contribution in [0.25, 0.3) is 5.57 Å². The molecule has 4 heteroatoms. The normalized spacial score (nSPS) is 20.6. The molecule has 0 spiro atoms. The largest absolute Gasteiger partial charge is 0.267 e. The molecule has 0 unspecified atom stereocenters. The second-order valence-electron chi connectivity index (χ2n) is 4.80. The average Bonchev–Trinajstić information content (AvgIpc) is 2.28. The van der Waals surface area contributed by atoms with Gasteiger partial charge in [0.15, 0.2) is 0 Å². The molecule has 0 N–H and O–H groups in total. The summed E-state index contributed by atoms with van der Waals surface area (Å²) < 4.78 is 27.1. The summed E-state index contributed by atoms with van der Waals surface area (Å²) in [5, 5.41) is 0. The van der Waals surface area contributed by atoms with Gasteiger partial charge >= 0.3 is 0 Å². The van der Waals surface area contributed by atoms with E-state index >= 15 is 0 Å². The molecule has 0 aromatic heterocycles. The molecule has 2 rings (SSSR count). The van der Waals surface area contributed by atoms with Crippen molar-refractivity contribution in [2.75, 3.05) is 6.26 Å². The van der Waals surface area contributed by atoms with Crippen molar-refractivity contribution in [3.05, 3.63) is 41.5 Å². The summed E-state index contributed by atoms with van der Waals surface area (Å²) in [6.07, 6.45) is 5.28. The van der Waals surface area contributed by atoms with E-state index in [2.05, 4.69) is 31.2 Å². The molecule has 1 aliphatic rings. The van der Waals surface area contributed by atoms with Crippen molar-refractivity contribution >= 4 is 15.7 Å². The maximum absolute atomic E-state index is 11.1. The summed E-state index contributed by atoms with van der Waals surface area (Å²) in [6, 6.07) is 8.37. The predicted molar refractivity (Wildman–Crippen MR) is 72.7 cm³/mol. The van der Waals surface area contributed by atoms with Crippen LogP contribution >= 0.6 is 0 Å². The summed E-state index contributed by atoms with van der Waals surface area (Å²) in [6.45, 7) is 2.07. The number of rotatable bonds is 3. The van der Waals surface area contributed by atoms with Crippen molar-refractivity contribution in [2.24, 2.45) is 0 Å². The number of benzene rings is 1. The molecule has 0 amide bonds. The van der Waals surface area contributed by atoms with E-state index in [1.54, 1.807) is 0 Å². The van der Waals surface area contributed by atoms with E-state index in [0.29, 0.717) is 6.42 Å². The number of aryl methyl sites for hydroxylation is 1. The van der Waals surface area contributed by atoms with Crippen LogP contribution in [-0.2, 0) is 14.3 Å². The summed E-state index contributed by atoms with van der Waals surface area (Å²) in [5.41, 5.74) is 3.75. The maximum atomic E-state index is 11.1. The van der Waals surface area contributed by atoms with Gasteiger partial charge in [-0.25, -0.2) is 0 Å². The molecule has 0 heterocycles. The summed E-state index contributed by atoms with van der Waals surface area (Å²) >= 11 is 0. The molecular formula is C14H18O3S. The molecule has 0 bridgehead atoms. The summed E-state index contributed by atoms with van der Waals surface area (Å²) in [7, 11) is -3.34. The monoisotopic (exact) mass is 266 g/mol. The molecule has 98 valence electrons. The zero-order valence-electron chi connectivity index (χ0n) is 10.7. The Morgan fingerprint density at radius 1 is 1.33 bits per heavy atom. The van der Waals surface area contributed by atoms with Crippen molar-refractivity contribution in [1.29, 1.82) is 0 Å². The van der Waals surface area contributed by atoms with Crippen LogP contribution in [0.2, 0.25) is 0 Å². The quantitative estimate of drug-likeness (QED) is 0.790. The lowest BCUT2D eigenvalue weighted by atomic mass is 9.91. The Labute approximate surface area is 109 Å². The van der Waals surface area contributed by atoms with Crippen molar-refractivity contribution in [2.45, 2.75) is 32.3 Å². The Morgan fingerprint density at radius 3 is 2.67 bits per heavy atom. The maximum Gasteiger partial charge on any atom is 0.264 e. The van der Waals surface area contributed by atoms with E-state index < -0.39 is 10.1 Å². The van der Waals surface area contributed by atoms with E-state index in [-0.39, 0.29) is 6.10 Å². The zero-order chi connectivity index (χ0) is 13.2. The molecule has 1 atom stereocenters. The molecule has 3 nitrogen and oxygen atoms in total. The van der Waals surface area contributed by atoms with Gasteiger partial charge in [-0.05, 0) is 37.3 Å². The number of hydrogen-bond acceptors (Lipinski definition) is 3. The Hall–Kier alpha value is -1.13. The second kappa shape index (κ2) is 5.24. The first kappa shape index (κ1) is 13.3. The van der Waals surface area contributed by atoms with Gasteiger partial charge in [0.05, 0.1) is 12.4 Å². The van der Waals surface area contributed by atoms with Crippen molar-refractivity contribution < 1.29 is 12.6 Å². The molecule has 0 saturated heterocycles. The van der Waals surface area contributed by atoms with Crippen LogP contribution in [0.15, 0.2) is 30.3 Å². The minimum Gasteiger partial charge on any atom is -0.267 e. The highest BCUT2D eigenvalue weighted by molar-refractivity contribution is 7.86. The van der Waals surface area contributed by atoms with Crippen LogP contribution in [-0.4, -0.2) is 20.8 Å². The highest BCUT2D eigenvalue weighted by atomic mass is 32.2. The molecule has 0 saturated carbocycles. The Balaban J connectivity index is 2.07. The molecule has 0 aliphatic heterocycles. The van der Waals surface area contributed by atoms with Crippen LogP contribution in [0, 0.1) is 6.92 Å².